The average molecular weight is 300 g/mol. The molecule has 0 aromatic heterocycles. The predicted molar refractivity (Wildman–Crippen MR) is 90.9 cm³/mol. The molecule has 1 spiro atoms. The summed E-state index contributed by atoms with van der Waals surface area (Å²) in [4.78, 5) is 4.90. The summed E-state index contributed by atoms with van der Waals surface area (Å²) in [5.41, 5.74) is 3.56. The number of amidine groups is 1. The van der Waals surface area contributed by atoms with E-state index in [9.17, 15) is 0 Å². The maximum atomic E-state index is 4.90. The third-order valence-corrected chi connectivity index (χ3v) is 6.68. The van der Waals surface area contributed by atoms with Gasteiger partial charge in [-0.3, -0.25) is 4.99 Å². The molecule has 3 aliphatic rings. The van der Waals surface area contributed by atoms with E-state index in [0.717, 1.165) is 6.54 Å². The van der Waals surface area contributed by atoms with Crippen LogP contribution in [-0.4, -0.2) is 17.5 Å². The molecule has 4 rings (SSSR count). The Balaban J connectivity index is 1.47. The van der Waals surface area contributed by atoms with Crippen LogP contribution in [0.1, 0.15) is 55.7 Å². The Hall–Kier alpha value is -0.960. The van der Waals surface area contributed by atoms with Crippen molar-refractivity contribution in [2.45, 2.75) is 51.0 Å². The predicted octanol–water partition coefficient (Wildman–Crippen LogP) is 4.32. The van der Waals surface area contributed by atoms with E-state index < -0.39 is 0 Å². The third-order valence-electron chi connectivity index (χ3n) is 5.40. The second-order valence-electron chi connectivity index (χ2n) is 6.91. The Morgan fingerprint density at radius 2 is 2.00 bits per heavy atom. The molecule has 0 bridgehead atoms. The number of nitrogens with one attached hydrogen (secondary N) is 1. The zero-order valence-corrected chi connectivity index (χ0v) is 13.4. The second kappa shape index (κ2) is 5.68. The lowest BCUT2D eigenvalue weighted by atomic mass is 9.88. The maximum Gasteiger partial charge on any atom is 0.157 e. The number of thioether (sulfide) groups is 1. The Morgan fingerprint density at radius 1 is 1.14 bits per heavy atom. The van der Waals surface area contributed by atoms with Crippen LogP contribution in [0.3, 0.4) is 0 Å². The lowest BCUT2D eigenvalue weighted by molar-refractivity contribution is 0.357. The second-order valence-corrected chi connectivity index (χ2v) is 7.87. The van der Waals surface area contributed by atoms with Crippen LogP contribution >= 0.6 is 11.8 Å². The number of fused-ring (bicyclic) bond motifs is 1. The summed E-state index contributed by atoms with van der Waals surface area (Å²) < 4.78 is 0. The molecule has 1 atom stereocenters. The highest BCUT2D eigenvalue weighted by Gasteiger charge is 2.36. The topological polar surface area (TPSA) is 24.4 Å². The van der Waals surface area contributed by atoms with E-state index >= 15 is 0 Å². The fourth-order valence-electron chi connectivity index (χ4n) is 4.12. The van der Waals surface area contributed by atoms with Crippen molar-refractivity contribution < 1.29 is 0 Å². The van der Waals surface area contributed by atoms with Gasteiger partial charge in [-0.2, -0.15) is 0 Å². The quantitative estimate of drug-likeness (QED) is 0.835. The van der Waals surface area contributed by atoms with Crippen LogP contribution in [0.2, 0.25) is 0 Å². The Labute approximate surface area is 131 Å². The minimum atomic E-state index is 0.471. The molecule has 1 heterocycles. The van der Waals surface area contributed by atoms with Crippen LogP contribution < -0.4 is 5.32 Å². The van der Waals surface area contributed by atoms with Crippen molar-refractivity contribution in [3.63, 3.8) is 0 Å². The van der Waals surface area contributed by atoms with Crippen LogP contribution in [0.25, 0.3) is 0 Å². The molecule has 2 aliphatic carbocycles. The zero-order valence-electron chi connectivity index (χ0n) is 12.6. The van der Waals surface area contributed by atoms with Gasteiger partial charge in [0.1, 0.15) is 0 Å². The zero-order chi connectivity index (χ0) is 14.1. The highest BCUT2D eigenvalue weighted by Crippen LogP contribution is 2.43. The van der Waals surface area contributed by atoms with E-state index in [-0.39, 0.29) is 0 Å². The summed E-state index contributed by atoms with van der Waals surface area (Å²) in [6, 6.07) is 9.38. The van der Waals surface area contributed by atoms with Gasteiger partial charge in [-0.15, -0.1) is 0 Å². The van der Waals surface area contributed by atoms with Crippen molar-refractivity contribution in [1.29, 1.82) is 0 Å². The first-order valence-corrected chi connectivity index (χ1v) is 9.35. The van der Waals surface area contributed by atoms with Crippen molar-refractivity contribution in [2.24, 2.45) is 10.4 Å². The molecule has 1 saturated carbocycles. The normalized spacial score (nSPS) is 27.2. The van der Waals surface area contributed by atoms with Crippen molar-refractivity contribution in [2.75, 3.05) is 12.3 Å². The summed E-state index contributed by atoms with van der Waals surface area (Å²) in [5.74, 6) is 1.27. The third kappa shape index (κ3) is 2.73. The van der Waals surface area contributed by atoms with Crippen LogP contribution in [0, 0.1) is 5.41 Å². The minimum absolute atomic E-state index is 0.471. The van der Waals surface area contributed by atoms with Gasteiger partial charge in [-0.1, -0.05) is 48.9 Å². The Morgan fingerprint density at radius 3 is 2.81 bits per heavy atom. The monoisotopic (exact) mass is 300 g/mol. The number of aryl methyl sites for hydroxylation is 1. The van der Waals surface area contributed by atoms with Gasteiger partial charge in [0.15, 0.2) is 5.17 Å². The molecule has 112 valence electrons. The number of aliphatic imine (C=N–C) groups is 1. The summed E-state index contributed by atoms with van der Waals surface area (Å²) >= 11 is 1.97. The molecule has 0 saturated heterocycles. The number of hydrogen-bond donors (Lipinski definition) is 1. The molecule has 0 amide bonds. The molecular weight excluding hydrogens is 276 g/mol. The van der Waals surface area contributed by atoms with Crippen molar-refractivity contribution >= 4 is 16.9 Å². The van der Waals surface area contributed by atoms with Gasteiger partial charge in [0.25, 0.3) is 0 Å². The van der Waals surface area contributed by atoms with Crippen molar-refractivity contribution in [1.82, 2.24) is 5.32 Å². The Bertz CT molecular complexity index is 546. The first kappa shape index (κ1) is 13.7. The summed E-state index contributed by atoms with van der Waals surface area (Å²) in [7, 11) is 0. The number of rotatable bonds is 1. The van der Waals surface area contributed by atoms with Gasteiger partial charge in [-0.05, 0) is 48.6 Å². The standard InChI is InChI=1S/C18H24N2S/c1-2-8-15-14(6-1)7-5-9-16(15)20-17-19-12-18(13-21-17)10-3-4-11-18/h1-2,6,8,16H,3-5,7,9-13H2,(H,19,20). The Kier molecular flexibility index (Phi) is 3.70. The highest BCUT2D eigenvalue weighted by molar-refractivity contribution is 8.13. The first-order chi connectivity index (χ1) is 10.3. The minimum Gasteiger partial charge on any atom is -0.358 e. The van der Waals surface area contributed by atoms with Crippen LogP contribution in [0.15, 0.2) is 29.3 Å². The molecule has 1 aromatic rings. The largest absolute Gasteiger partial charge is 0.358 e. The van der Waals surface area contributed by atoms with Crippen LogP contribution in [0.5, 0.6) is 0 Å². The van der Waals surface area contributed by atoms with E-state index in [0.29, 0.717) is 11.5 Å². The van der Waals surface area contributed by atoms with Crippen LogP contribution in [-0.2, 0) is 6.42 Å². The lowest BCUT2D eigenvalue weighted by Gasteiger charge is -2.33. The molecule has 1 aromatic carbocycles. The fourth-order valence-corrected chi connectivity index (χ4v) is 5.32. The van der Waals surface area contributed by atoms with E-state index in [1.807, 2.05) is 11.8 Å². The molecular formula is C18H24N2S. The number of hydrogen-bond acceptors (Lipinski definition) is 3. The van der Waals surface area contributed by atoms with Crippen LogP contribution in [0.4, 0.5) is 0 Å². The van der Waals surface area contributed by atoms with Gasteiger partial charge in [0, 0.05) is 12.3 Å². The molecule has 3 heteroatoms. The molecule has 2 nitrogen and oxygen atoms in total. The van der Waals surface area contributed by atoms with Gasteiger partial charge in [0.2, 0.25) is 0 Å². The molecule has 1 N–H and O–H groups in total. The molecule has 0 radical (unpaired) electrons. The summed E-state index contributed by atoms with van der Waals surface area (Å²) in [5, 5.41) is 4.92. The highest BCUT2D eigenvalue weighted by atomic mass is 32.2. The fraction of sp³-hybridized carbons (Fsp3) is 0.611. The summed E-state index contributed by atoms with van der Waals surface area (Å²) in [6.45, 7) is 1.05. The molecule has 21 heavy (non-hydrogen) atoms. The summed E-state index contributed by atoms with van der Waals surface area (Å²) in [6.07, 6.45) is 9.37. The number of nitrogens with zero attached hydrogens (tertiary/aromatic N) is 1. The molecule has 1 fully saturated rings. The van der Waals surface area contributed by atoms with E-state index in [2.05, 4.69) is 29.6 Å². The van der Waals surface area contributed by atoms with Gasteiger partial charge in [0.05, 0.1) is 6.04 Å². The maximum absolute atomic E-state index is 4.90. The van der Waals surface area contributed by atoms with Gasteiger partial charge >= 0.3 is 0 Å². The van der Waals surface area contributed by atoms with E-state index in [1.165, 1.54) is 67.0 Å². The average Bonchev–Trinajstić information content (AvgIpc) is 2.99. The molecule has 1 aliphatic heterocycles. The van der Waals surface area contributed by atoms with E-state index in [1.54, 1.807) is 0 Å². The van der Waals surface area contributed by atoms with Gasteiger partial charge in [-0.25, -0.2) is 0 Å². The SMILES string of the molecule is c1ccc2c(c1)CCCC2NC1=NCC2(CCCC2)CS1. The molecule has 1 unspecified atom stereocenters. The first-order valence-electron chi connectivity index (χ1n) is 8.36. The van der Waals surface area contributed by atoms with Crippen molar-refractivity contribution in [3.8, 4) is 0 Å². The van der Waals surface area contributed by atoms with E-state index in [4.69, 9.17) is 4.99 Å². The lowest BCUT2D eigenvalue weighted by Crippen LogP contribution is -2.36. The van der Waals surface area contributed by atoms with Gasteiger partial charge < -0.3 is 5.32 Å². The van der Waals surface area contributed by atoms with Crippen molar-refractivity contribution in [3.05, 3.63) is 35.4 Å². The smallest absolute Gasteiger partial charge is 0.157 e. The number of benzene rings is 1.